The van der Waals surface area contributed by atoms with Crippen molar-refractivity contribution in [3.63, 3.8) is 0 Å². The van der Waals surface area contributed by atoms with E-state index in [1.165, 1.54) is 24.8 Å². The molecule has 0 aliphatic rings. The summed E-state index contributed by atoms with van der Waals surface area (Å²) in [6.07, 6.45) is -9.45. The number of nitrogens with zero attached hydrogens (tertiary/aromatic N) is 1. The molecule has 1 atom stereocenters. The third-order valence-corrected chi connectivity index (χ3v) is 5.35. The number of halogens is 6. The molecule has 0 saturated carbocycles. The van der Waals surface area contributed by atoms with Crippen molar-refractivity contribution in [2.24, 2.45) is 0 Å². The summed E-state index contributed by atoms with van der Waals surface area (Å²) in [4.78, 5) is 25.3. The van der Waals surface area contributed by atoms with Gasteiger partial charge in [0.15, 0.2) is 0 Å². The zero-order valence-electron chi connectivity index (χ0n) is 19.1. The maximum Gasteiger partial charge on any atom is 0.416 e. The van der Waals surface area contributed by atoms with Crippen molar-refractivity contribution in [2.45, 2.75) is 52.5 Å². The van der Waals surface area contributed by atoms with Gasteiger partial charge in [-0.2, -0.15) is 26.3 Å². The number of hydrogen-bond donors (Lipinski definition) is 0. The summed E-state index contributed by atoms with van der Waals surface area (Å²) in [6.45, 7) is 5.84. The third-order valence-electron chi connectivity index (χ3n) is 5.35. The van der Waals surface area contributed by atoms with Crippen molar-refractivity contribution in [1.29, 1.82) is 0 Å². The lowest BCUT2D eigenvalue weighted by Crippen LogP contribution is -2.28. The SMILES string of the molecule is CCOC(=O)C(C)c1cc(-c2ccc(C(F)(F)F)cc2CN(CC)C(C)=O)cc(C(F)(F)F)c1. The fraction of sp³-hybridized carbons (Fsp3) is 0.417. The first kappa shape index (κ1) is 27.2. The van der Waals surface area contributed by atoms with E-state index in [0.717, 1.165) is 30.3 Å². The first-order valence-electron chi connectivity index (χ1n) is 10.5. The van der Waals surface area contributed by atoms with Gasteiger partial charge in [0.25, 0.3) is 0 Å². The number of benzene rings is 2. The maximum absolute atomic E-state index is 13.6. The molecule has 4 nitrogen and oxygen atoms in total. The van der Waals surface area contributed by atoms with Gasteiger partial charge in [-0.3, -0.25) is 9.59 Å². The smallest absolute Gasteiger partial charge is 0.416 e. The summed E-state index contributed by atoms with van der Waals surface area (Å²) in [6, 6.07) is 5.65. The number of esters is 1. The molecule has 2 aromatic rings. The largest absolute Gasteiger partial charge is 0.466 e. The second kappa shape index (κ2) is 10.5. The summed E-state index contributed by atoms with van der Waals surface area (Å²) in [7, 11) is 0. The Morgan fingerprint density at radius 3 is 2.06 bits per heavy atom. The molecule has 0 radical (unpaired) electrons. The first-order valence-corrected chi connectivity index (χ1v) is 10.5. The van der Waals surface area contributed by atoms with Gasteiger partial charge in [0, 0.05) is 20.0 Å². The van der Waals surface area contributed by atoms with E-state index in [0.29, 0.717) is 0 Å². The number of amides is 1. The molecule has 0 spiro atoms. The highest BCUT2D eigenvalue weighted by Crippen LogP contribution is 2.38. The minimum Gasteiger partial charge on any atom is -0.466 e. The molecule has 0 aliphatic carbocycles. The van der Waals surface area contributed by atoms with Gasteiger partial charge in [-0.1, -0.05) is 12.1 Å². The number of alkyl halides is 6. The van der Waals surface area contributed by atoms with Crippen LogP contribution in [0.1, 0.15) is 55.9 Å². The quantitative estimate of drug-likeness (QED) is 0.333. The van der Waals surface area contributed by atoms with Crippen molar-refractivity contribution in [3.8, 4) is 11.1 Å². The number of carbonyl (C=O) groups excluding carboxylic acids is 2. The van der Waals surface area contributed by atoms with Gasteiger partial charge >= 0.3 is 18.3 Å². The highest BCUT2D eigenvalue weighted by molar-refractivity contribution is 5.79. The highest BCUT2D eigenvalue weighted by Gasteiger charge is 2.34. The molecule has 0 heterocycles. The molecule has 1 amide bonds. The van der Waals surface area contributed by atoms with Crippen LogP contribution in [0.4, 0.5) is 26.3 Å². The predicted molar refractivity (Wildman–Crippen MR) is 114 cm³/mol. The standard InChI is InChI=1S/C24H25F6NO3/c1-5-31(15(4)32)13-18-12-19(23(25,26)27)7-8-21(18)17-9-16(14(3)22(33)34-6-2)10-20(11-17)24(28,29)30/h7-12,14H,5-6,13H2,1-4H3. The number of rotatable bonds is 7. The van der Waals surface area contributed by atoms with E-state index in [1.807, 2.05) is 0 Å². The van der Waals surface area contributed by atoms with Crippen molar-refractivity contribution >= 4 is 11.9 Å². The Hall–Kier alpha value is -3.04. The van der Waals surface area contributed by atoms with Crippen LogP contribution in [0.25, 0.3) is 11.1 Å². The lowest BCUT2D eigenvalue weighted by molar-refractivity contribution is -0.145. The van der Waals surface area contributed by atoms with E-state index in [4.69, 9.17) is 4.74 Å². The van der Waals surface area contributed by atoms with Crippen LogP contribution < -0.4 is 0 Å². The Morgan fingerprint density at radius 1 is 0.941 bits per heavy atom. The molecule has 1 unspecified atom stereocenters. The minimum absolute atomic E-state index is 0.00744. The van der Waals surface area contributed by atoms with Crippen molar-refractivity contribution in [1.82, 2.24) is 4.90 Å². The molecule has 0 saturated heterocycles. The predicted octanol–water partition coefficient (Wildman–Crippen LogP) is 6.43. The van der Waals surface area contributed by atoms with E-state index in [-0.39, 0.29) is 42.0 Å². The molecule has 34 heavy (non-hydrogen) atoms. The van der Waals surface area contributed by atoms with E-state index in [1.54, 1.807) is 13.8 Å². The molecular formula is C24H25F6NO3. The van der Waals surface area contributed by atoms with Crippen LogP contribution in [-0.2, 0) is 33.2 Å². The summed E-state index contributed by atoms with van der Waals surface area (Å²) in [5, 5.41) is 0. The van der Waals surface area contributed by atoms with Gasteiger partial charge in [0.05, 0.1) is 23.7 Å². The number of hydrogen-bond acceptors (Lipinski definition) is 3. The van der Waals surface area contributed by atoms with E-state index in [2.05, 4.69) is 0 Å². The normalized spacial score (nSPS) is 12.9. The van der Waals surface area contributed by atoms with Gasteiger partial charge in [0.2, 0.25) is 5.91 Å². The fourth-order valence-corrected chi connectivity index (χ4v) is 3.46. The molecule has 0 aromatic heterocycles. The molecule has 10 heteroatoms. The van der Waals surface area contributed by atoms with Crippen LogP contribution in [0, 0.1) is 0 Å². The molecule has 0 aliphatic heterocycles. The first-order chi connectivity index (χ1) is 15.7. The van der Waals surface area contributed by atoms with Crippen molar-refractivity contribution in [2.75, 3.05) is 13.2 Å². The van der Waals surface area contributed by atoms with Gasteiger partial charge in [0.1, 0.15) is 0 Å². The number of carbonyl (C=O) groups is 2. The van der Waals surface area contributed by atoms with E-state index >= 15 is 0 Å². The average molecular weight is 489 g/mol. The molecular weight excluding hydrogens is 464 g/mol. The summed E-state index contributed by atoms with van der Waals surface area (Å²) < 4.78 is 85.9. The second-order valence-corrected chi connectivity index (χ2v) is 7.72. The van der Waals surface area contributed by atoms with Crippen LogP contribution in [-0.4, -0.2) is 29.9 Å². The average Bonchev–Trinajstić information content (AvgIpc) is 2.75. The second-order valence-electron chi connectivity index (χ2n) is 7.72. The Bertz CT molecular complexity index is 1050. The van der Waals surface area contributed by atoms with Gasteiger partial charge in [-0.15, -0.1) is 0 Å². The highest BCUT2D eigenvalue weighted by atomic mass is 19.4. The maximum atomic E-state index is 13.6. The molecule has 0 fully saturated rings. The molecule has 0 N–H and O–H groups in total. The molecule has 186 valence electrons. The molecule has 2 aromatic carbocycles. The summed E-state index contributed by atoms with van der Waals surface area (Å²) in [5.41, 5.74) is -1.94. The van der Waals surface area contributed by atoms with Crippen molar-refractivity contribution < 1.29 is 40.7 Å². The zero-order chi connectivity index (χ0) is 25.8. The number of ether oxygens (including phenoxy) is 1. The van der Waals surface area contributed by atoms with Crippen LogP contribution in [0.15, 0.2) is 36.4 Å². The summed E-state index contributed by atoms with van der Waals surface area (Å²) in [5.74, 6) is -2.16. The van der Waals surface area contributed by atoms with Crippen LogP contribution in [0.3, 0.4) is 0 Å². The third kappa shape index (κ3) is 6.51. The molecule has 2 rings (SSSR count). The van der Waals surface area contributed by atoms with E-state index in [9.17, 15) is 35.9 Å². The van der Waals surface area contributed by atoms with Crippen molar-refractivity contribution in [3.05, 3.63) is 58.7 Å². The van der Waals surface area contributed by atoms with Gasteiger partial charge in [-0.05, 0) is 67.3 Å². The van der Waals surface area contributed by atoms with Crippen LogP contribution in [0.2, 0.25) is 0 Å². The topological polar surface area (TPSA) is 46.6 Å². The Labute approximate surface area is 193 Å². The summed E-state index contributed by atoms with van der Waals surface area (Å²) >= 11 is 0. The monoisotopic (exact) mass is 489 g/mol. The minimum atomic E-state index is -4.76. The Morgan fingerprint density at radius 2 is 1.56 bits per heavy atom. The molecule has 0 bridgehead atoms. The lowest BCUT2D eigenvalue weighted by Gasteiger charge is -2.23. The zero-order valence-corrected chi connectivity index (χ0v) is 19.1. The lowest BCUT2D eigenvalue weighted by atomic mass is 9.90. The van der Waals surface area contributed by atoms with Gasteiger partial charge in [-0.25, -0.2) is 0 Å². The van der Waals surface area contributed by atoms with Crippen LogP contribution in [0.5, 0.6) is 0 Å². The Balaban J connectivity index is 2.75. The Kier molecular flexibility index (Phi) is 8.39. The fourth-order valence-electron chi connectivity index (χ4n) is 3.46. The van der Waals surface area contributed by atoms with Gasteiger partial charge < -0.3 is 9.64 Å². The van der Waals surface area contributed by atoms with E-state index < -0.39 is 41.3 Å². The van der Waals surface area contributed by atoms with Crippen LogP contribution >= 0.6 is 0 Å².